The average molecular weight is 258 g/mol. The van der Waals surface area contributed by atoms with Gasteiger partial charge in [0, 0.05) is 12.5 Å². The van der Waals surface area contributed by atoms with E-state index in [4.69, 9.17) is 16.3 Å². The predicted molar refractivity (Wildman–Crippen MR) is 66.0 cm³/mol. The highest BCUT2D eigenvalue weighted by atomic mass is 35.5. The zero-order valence-electron chi connectivity index (χ0n) is 9.94. The smallest absolute Gasteiger partial charge is 0.305 e. The zero-order chi connectivity index (χ0) is 12.7. The summed E-state index contributed by atoms with van der Waals surface area (Å²) < 4.78 is 4.85. The maximum Gasteiger partial charge on any atom is 0.305 e. The minimum atomic E-state index is -0.182. The lowest BCUT2D eigenvalue weighted by Gasteiger charge is -2.13. The Morgan fingerprint density at radius 2 is 2.35 bits per heavy atom. The van der Waals surface area contributed by atoms with Crippen LogP contribution in [-0.2, 0) is 9.53 Å². The number of carbonyl (C=O) groups excluding carboxylic acids is 1. The first-order valence-corrected chi connectivity index (χ1v) is 5.89. The molecule has 0 bridgehead atoms. The van der Waals surface area contributed by atoms with E-state index in [1.165, 1.54) is 6.20 Å². The molecule has 0 saturated carbocycles. The van der Waals surface area contributed by atoms with E-state index in [9.17, 15) is 4.79 Å². The lowest BCUT2D eigenvalue weighted by atomic mass is 10.2. The van der Waals surface area contributed by atoms with Crippen molar-refractivity contribution in [2.24, 2.45) is 0 Å². The van der Waals surface area contributed by atoms with Crippen LogP contribution >= 0.6 is 11.6 Å². The summed E-state index contributed by atoms with van der Waals surface area (Å²) in [6.45, 7) is 4.17. The molecule has 1 atom stereocenters. The Labute approximate surface area is 106 Å². The normalized spacial score (nSPS) is 11.9. The van der Waals surface area contributed by atoms with Crippen molar-refractivity contribution in [2.75, 3.05) is 11.9 Å². The number of nitrogens with zero attached hydrogens (tertiary/aromatic N) is 2. The van der Waals surface area contributed by atoms with Gasteiger partial charge in [-0.2, -0.15) is 0 Å². The Morgan fingerprint density at radius 3 is 3.00 bits per heavy atom. The summed E-state index contributed by atoms with van der Waals surface area (Å²) in [4.78, 5) is 19.1. The SMILES string of the molecule is CCOC(=O)CCC(C)Nc1cncc(Cl)n1. The lowest BCUT2D eigenvalue weighted by Crippen LogP contribution is -2.18. The third-order valence-corrected chi connectivity index (χ3v) is 2.27. The molecular weight excluding hydrogens is 242 g/mol. The molecule has 1 aromatic heterocycles. The van der Waals surface area contributed by atoms with Crippen molar-refractivity contribution in [3.63, 3.8) is 0 Å². The fourth-order valence-electron chi connectivity index (χ4n) is 1.30. The van der Waals surface area contributed by atoms with Gasteiger partial charge in [-0.25, -0.2) is 4.98 Å². The molecule has 1 heterocycles. The second kappa shape index (κ2) is 7.06. The topological polar surface area (TPSA) is 64.1 Å². The van der Waals surface area contributed by atoms with Crippen LogP contribution in [0.5, 0.6) is 0 Å². The van der Waals surface area contributed by atoms with E-state index in [0.717, 1.165) is 0 Å². The van der Waals surface area contributed by atoms with Crippen LogP contribution in [0.1, 0.15) is 26.7 Å². The summed E-state index contributed by atoms with van der Waals surface area (Å²) in [5.74, 6) is 0.423. The molecular formula is C11H16ClN3O2. The van der Waals surface area contributed by atoms with Crippen LogP contribution < -0.4 is 5.32 Å². The number of rotatable bonds is 6. The van der Waals surface area contributed by atoms with Gasteiger partial charge < -0.3 is 10.1 Å². The number of anilines is 1. The summed E-state index contributed by atoms with van der Waals surface area (Å²) in [5, 5.41) is 3.45. The second-order valence-electron chi connectivity index (χ2n) is 3.62. The minimum Gasteiger partial charge on any atom is -0.466 e. The van der Waals surface area contributed by atoms with Crippen molar-refractivity contribution >= 4 is 23.4 Å². The molecule has 17 heavy (non-hydrogen) atoms. The van der Waals surface area contributed by atoms with Gasteiger partial charge in [0.2, 0.25) is 0 Å². The van der Waals surface area contributed by atoms with Gasteiger partial charge in [0.05, 0.1) is 19.0 Å². The van der Waals surface area contributed by atoms with Crippen LogP contribution in [0.2, 0.25) is 5.15 Å². The van der Waals surface area contributed by atoms with E-state index < -0.39 is 0 Å². The van der Waals surface area contributed by atoms with Crippen LogP contribution in [0.25, 0.3) is 0 Å². The predicted octanol–water partition coefficient (Wildman–Crippen LogP) is 2.27. The van der Waals surface area contributed by atoms with E-state index in [2.05, 4.69) is 15.3 Å². The first-order chi connectivity index (χ1) is 8.11. The molecule has 0 aliphatic carbocycles. The maximum absolute atomic E-state index is 11.2. The second-order valence-corrected chi connectivity index (χ2v) is 4.00. The van der Waals surface area contributed by atoms with E-state index >= 15 is 0 Å². The number of hydrogen-bond donors (Lipinski definition) is 1. The summed E-state index contributed by atoms with van der Waals surface area (Å²) in [6.07, 6.45) is 4.12. The van der Waals surface area contributed by atoms with Crippen molar-refractivity contribution in [2.45, 2.75) is 32.7 Å². The molecule has 1 rings (SSSR count). The van der Waals surface area contributed by atoms with Crippen molar-refractivity contribution in [1.29, 1.82) is 0 Å². The number of nitrogens with one attached hydrogen (secondary N) is 1. The molecule has 0 aromatic carbocycles. The van der Waals surface area contributed by atoms with Crippen LogP contribution in [0.4, 0.5) is 5.82 Å². The highest BCUT2D eigenvalue weighted by Gasteiger charge is 2.08. The molecule has 1 N–H and O–H groups in total. The number of esters is 1. The summed E-state index contributed by atoms with van der Waals surface area (Å²) in [6, 6.07) is 0.104. The van der Waals surface area contributed by atoms with Crippen molar-refractivity contribution < 1.29 is 9.53 Å². The molecule has 0 aliphatic heterocycles. The molecule has 1 aromatic rings. The molecule has 5 nitrogen and oxygen atoms in total. The van der Waals surface area contributed by atoms with Crippen molar-refractivity contribution in [3.8, 4) is 0 Å². The monoisotopic (exact) mass is 257 g/mol. The molecule has 0 radical (unpaired) electrons. The Morgan fingerprint density at radius 1 is 1.59 bits per heavy atom. The Hall–Kier alpha value is -1.36. The van der Waals surface area contributed by atoms with Crippen LogP contribution in [0.15, 0.2) is 12.4 Å². The number of carbonyl (C=O) groups is 1. The van der Waals surface area contributed by atoms with Gasteiger partial charge in [-0.15, -0.1) is 0 Å². The Bertz CT molecular complexity index is 373. The molecule has 0 spiro atoms. The van der Waals surface area contributed by atoms with Gasteiger partial charge in [-0.05, 0) is 20.3 Å². The molecule has 0 aliphatic rings. The van der Waals surface area contributed by atoms with Crippen LogP contribution in [0, 0.1) is 0 Å². The molecule has 94 valence electrons. The lowest BCUT2D eigenvalue weighted by molar-refractivity contribution is -0.143. The fraction of sp³-hybridized carbons (Fsp3) is 0.545. The molecule has 0 amide bonds. The van der Waals surface area contributed by atoms with Gasteiger partial charge in [0.15, 0.2) is 0 Å². The molecule has 0 fully saturated rings. The molecule has 6 heteroatoms. The van der Waals surface area contributed by atoms with Crippen LogP contribution in [-0.4, -0.2) is 28.6 Å². The van der Waals surface area contributed by atoms with Gasteiger partial charge >= 0.3 is 5.97 Å². The van der Waals surface area contributed by atoms with E-state index in [0.29, 0.717) is 30.4 Å². The summed E-state index contributed by atoms with van der Waals surface area (Å²) in [7, 11) is 0. The third-order valence-electron chi connectivity index (χ3n) is 2.09. The first kappa shape index (κ1) is 13.7. The van der Waals surface area contributed by atoms with Gasteiger partial charge in [0.25, 0.3) is 0 Å². The summed E-state index contributed by atoms with van der Waals surface area (Å²) >= 11 is 5.71. The number of halogens is 1. The largest absolute Gasteiger partial charge is 0.466 e. The van der Waals surface area contributed by atoms with Gasteiger partial charge in [-0.3, -0.25) is 9.78 Å². The zero-order valence-corrected chi connectivity index (χ0v) is 10.7. The highest BCUT2D eigenvalue weighted by molar-refractivity contribution is 6.29. The van der Waals surface area contributed by atoms with Crippen molar-refractivity contribution in [3.05, 3.63) is 17.5 Å². The van der Waals surface area contributed by atoms with E-state index in [-0.39, 0.29) is 12.0 Å². The standard InChI is InChI=1S/C11H16ClN3O2/c1-3-17-11(16)5-4-8(2)14-10-7-13-6-9(12)15-10/h6-8H,3-5H2,1-2H3,(H,14,15). The average Bonchev–Trinajstić information content (AvgIpc) is 2.27. The Kier molecular flexibility index (Phi) is 5.69. The highest BCUT2D eigenvalue weighted by Crippen LogP contribution is 2.10. The number of hydrogen-bond acceptors (Lipinski definition) is 5. The van der Waals surface area contributed by atoms with Gasteiger partial charge in [-0.1, -0.05) is 11.6 Å². The first-order valence-electron chi connectivity index (χ1n) is 5.51. The molecule has 0 saturated heterocycles. The maximum atomic E-state index is 11.2. The fourth-order valence-corrected chi connectivity index (χ4v) is 1.45. The Balaban J connectivity index is 2.34. The number of ether oxygens (including phenoxy) is 1. The quantitative estimate of drug-likeness (QED) is 0.792. The van der Waals surface area contributed by atoms with Crippen LogP contribution in [0.3, 0.4) is 0 Å². The summed E-state index contributed by atoms with van der Waals surface area (Å²) in [5.41, 5.74) is 0. The minimum absolute atomic E-state index is 0.104. The van der Waals surface area contributed by atoms with Crippen molar-refractivity contribution in [1.82, 2.24) is 9.97 Å². The number of aromatic nitrogens is 2. The van der Waals surface area contributed by atoms with Gasteiger partial charge in [0.1, 0.15) is 11.0 Å². The van der Waals surface area contributed by atoms with E-state index in [1.807, 2.05) is 6.92 Å². The molecule has 1 unspecified atom stereocenters. The third kappa shape index (κ3) is 5.49. The van der Waals surface area contributed by atoms with E-state index in [1.54, 1.807) is 13.1 Å².